The van der Waals surface area contributed by atoms with Gasteiger partial charge in [0.2, 0.25) is 5.75 Å². The average molecular weight is 553 g/mol. The maximum Gasteiger partial charge on any atom is 0.311 e. The third-order valence-electron chi connectivity index (χ3n) is 7.57. The molecule has 3 amide bonds. The molecular weight excluding hydrogens is 523 g/mol. The monoisotopic (exact) mass is 552 g/mol. The molecule has 1 fully saturated rings. The van der Waals surface area contributed by atoms with Crippen molar-refractivity contribution in [2.24, 2.45) is 5.92 Å². The number of aromatic hydroxyl groups is 1. The summed E-state index contributed by atoms with van der Waals surface area (Å²) >= 11 is 0. The number of carbonyl (C=O) groups excluding carboxylic acids is 3. The summed E-state index contributed by atoms with van der Waals surface area (Å²) in [5.41, 5.74) is -1.61. The number of hydrogen-bond acceptors (Lipinski definition) is 8. The summed E-state index contributed by atoms with van der Waals surface area (Å²) in [7, 11) is 2.91. The van der Waals surface area contributed by atoms with Crippen LogP contribution in [0.3, 0.4) is 0 Å². The SMILES string of the molecule is Cc1ncnn1-c1cc(F)ccc1CNC(=O)c1nc2n(c(=O)c1O)CC1CCC2(NC(=O)C(=O)N(C)C)CC1. The van der Waals surface area contributed by atoms with E-state index in [0.717, 1.165) is 4.90 Å². The van der Waals surface area contributed by atoms with Crippen LogP contribution in [0, 0.1) is 18.7 Å². The maximum atomic E-state index is 14.0. The summed E-state index contributed by atoms with van der Waals surface area (Å²) in [6.07, 6.45) is 3.48. The molecule has 210 valence electrons. The molecule has 3 aliphatic rings. The van der Waals surface area contributed by atoms with Crippen LogP contribution in [0.4, 0.5) is 4.39 Å². The van der Waals surface area contributed by atoms with Crippen molar-refractivity contribution in [2.45, 2.75) is 51.2 Å². The highest BCUT2D eigenvalue weighted by Crippen LogP contribution is 2.43. The van der Waals surface area contributed by atoms with Gasteiger partial charge < -0.3 is 20.6 Å². The van der Waals surface area contributed by atoms with E-state index in [4.69, 9.17) is 0 Å². The van der Waals surface area contributed by atoms with Crippen molar-refractivity contribution >= 4 is 17.7 Å². The van der Waals surface area contributed by atoms with E-state index < -0.39 is 46.1 Å². The number of carbonyl (C=O) groups is 3. The molecule has 40 heavy (non-hydrogen) atoms. The lowest BCUT2D eigenvalue weighted by molar-refractivity contribution is -0.145. The minimum Gasteiger partial charge on any atom is -0.501 e. The zero-order valence-corrected chi connectivity index (χ0v) is 22.3. The normalized spacial score (nSPS) is 19.4. The molecule has 0 saturated heterocycles. The molecule has 3 aromatic rings. The van der Waals surface area contributed by atoms with E-state index in [0.29, 0.717) is 42.8 Å². The summed E-state index contributed by atoms with van der Waals surface area (Å²) < 4.78 is 16.8. The van der Waals surface area contributed by atoms with Crippen molar-refractivity contribution in [3.63, 3.8) is 0 Å². The molecule has 0 atom stereocenters. The van der Waals surface area contributed by atoms with Crippen molar-refractivity contribution in [3.05, 3.63) is 63.6 Å². The second-order valence-electron chi connectivity index (χ2n) is 10.4. The molecule has 0 radical (unpaired) electrons. The minimum atomic E-state index is -1.16. The lowest BCUT2D eigenvalue weighted by Gasteiger charge is -2.37. The Morgan fingerprint density at radius 2 is 1.95 bits per heavy atom. The molecule has 0 spiro atoms. The summed E-state index contributed by atoms with van der Waals surface area (Å²) in [6.45, 7) is 1.86. The largest absolute Gasteiger partial charge is 0.501 e. The molecule has 13 nitrogen and oxygen atoms in total. The van der Waals surface area contributed by atoms with E-state index in [9.17, 15) is 28.7 Å². The van der Waals surface area contributed by atoms with Crippen LogP contribution < -0.4 is 16.2 Å². The number of rotatable bonds is 5. The number of hydrogen-bond donors (Lipinski definition) is 3. The molecule has 1 saturated carbocycles. The number of aromatic nitrogens is 5. The fraction of sp³-hybridized carbons (Fsp3) is 0.423. The van der Waals surface area contributed by atoms with Gasteiger partial charge in [-0.05, 0) is 56.2 Å². The quantitative estimate of drug-likeness (QED) is 0.386. The lowest BCUT2D eigenvalue weighted by Crippen LogP contribution is -2.53. The van der Waals surface area contributed by atoms with Gasteiger partial charge in [-0.2, -0.15) is 5.10 Å². The van der Waals surface area contributed by atoms with Gasteiger partial charge in [0.25, 0.3) is 11.5 Å². The second-order valence-corrected chi connectivity index (χ2v) is 10.4. The average Bonchev–Trinajstić information content (AvgIpc) is 3.22. The number of aryl methyl sites for hydroxylation is 1. The van der Waals surface area contributed by atoms with E-state index >= 15 is 0 Å². The number of likely N-dealkylation sites (N-methyl/N-ethyl adjacent to an activating group) is 1. The van der Waals surface area contributed by atoms with Gasteiger partial charge in [0.05, 0.1) is 11.2 Å². The van der Waals surface area contributed by atoms with Gasteiger partial charge in [-0.3, -0.25) is 23.7 Å². The van der Waals surface area contributed by atoms with Gasteiger partial charge in [0, 0.05) is 27.2 Å². The highest BCUT2D eigenvalue weighted by Gasteiger charge is 2.46. The fourth-order valence-electron chi connectivity index (χ4n) is 5.41. The van der Waals surface area contributed by atoms with Gasteiger partial charge in [-0.15, -0.1) is 0 Å². The Kier molecular flexibility index (Phi) is 6.85. The molecule has 14 heteroatoms. The van der Waals surface area contributed by atoms with Crippen LogP contribution in [0.5, 0.6) is 5.75 Å². The zero-order valence-electron chi connectivity index (χ0n) is 22.3. The van der Waals surface area contributed by atoms with Crippen LogP contribution in [-0.4, -0.2) is 66.1 Å². The molecule has 1 aromatic carbocycles. The smallest absolute Gasteiger partial charge is 0.311 e. The summed E-state index contributed by atoms with van der Waals surface area (Å²) in [4.78, 5) is 61.3. The molecule has 3 N–H and O–H groups in total. The first-order chi connectivity index (χ1) is 19.0. The van der Waals surface area contributed by atoms with Crippen molar-refractivity contribution in [3.8, 4) is 11.4 Å². The number of benzene rings is 1. The number of nitrogens with zero attached hydrogens (tertiary/aromatic N) is 6. The third-order valence-corrected chi connectivity index (χ3v) is 7.57. The Hall–Kier alpha value is -4.62. The first-order valence-electron chi connectivity index (χ1n) is 12.8. The minimum absolute atomic E-state index is 0.103. The fourth-order valence-corrected chi connectivity index (χ4v) is 5.41. The topological polar surface area (TPSA) is 164 Å². The molecule has 6 rings (SSSR count). The van der Waals surface area contributed by atoms with Gasteiger partial charge in [0.1, 0.15) is 23.8 Å². The molecule has 2 aromatic heterocycles. The number of fused-ring (bicyclic) bond motifs is 2. The number of nitrogens with one attached hydrogen (secondary N) is 2. The summed E-state index contributed by atoms with van der Waals surface area (Å²) in [5.74, 6) is -3.03. The van der Waals surface area contributed by atoms with E-state index in [1.807, 2.05) is 0 Å². The van der Waals surface area contributed by atoms with Crippen LogP contribution in [0.15, 0.2) is 29.3 Å². The first-order valence-corrected chi connectivity index (χ1v) is 12.8. The van der Waals surface area contributed by atoms with Gasteiger partial charge in [-0.1, -0.05) is 6.07 Å². The second kappa shape index (κ2) is 10.2. The molecule has 1 aliphatic carbocycles. The van der Waals surface area contributed by atoms with E-state index in [-0.39, 0.29) is 24.8 Å². The Morgan fingerprint density at radius 1 is 1.23 bits per heavy atom. The Morgan fingerprint density at radius 3 is 2.60 bits per heavy atom. The van der Waals surface area contributed by atoms with Gasteiger partial charge in [-0.25, -0.2) is 19.0 Å². The third kappa shape index (κ3) is 4.69. The Labute approximate surface area is 228 Å². The molecular formula is C26H29FN8O5. The zero-order chi connectivity index (χ0) is 28.8. The summed E-state index contributed by atoms with van der Waals surface area (Å²) in [5, 5.41) is 20.3. The summed E-state index contributed by atoms with van der Waals surface area (Å²) in [6, 6.07) is 3.97. The lowest BCUT2D eigenvalue weighted by atomic mass is 9.77. The van der Waals surface area contributed by atoms with Crippen LogP contribution in [-0.2, 0) is 28.2 Å². The van der Waals surface area contributed by atoms with Crippen molar-refractivity contribution in [1.29, 1.82) is 0 Å². The molecule has 2 bridgehead atoms. The predicted octanol–water partition coefficient (Wildman–Crippen LogP) is 0.511. The van der Waals surface area contributed by atoms with Crippen molar-refractivity contribution < 1.29 is 23.9 Å². The first kappa shape index (κ1) is 27.0. The van der Waals surface area contributed by atoms with E-state index in [1.54, 1.807) is 6.92 Å². The highest BCUT2D eigenvalue weighted by molar-refractivity contribution is 6.35. The Bertz CT molecular complexity index is 1570. The number of amides is 3. The van der Waals surface area contributed by atoms with Crippen molar-refractivity contribution in [1.82, 2.24) is 39.8 Å². The molecule has 2 aliphatic heterocycles. The van der Waals surface area contributed by atoms with Crippen LogP contribution >= 0.6 is 0 Å². The number of halogens is 1. The Balaban J connectivity index is 1.49. The van der Waals surface area contributed by atoms with Crippen LogP contribution in [0.2, 0.25) is 0 Å². The van der Waals surface area contributed by atoms with Crippen molar-refractivity contribution in [2.75, 3.05) is 14.1 Å². The van der Waals surface area contributed by atoms with E-state index in [1.165, 1.54) is 47.9 Å². The predicted molar refractivity (Wildman–Crippen MR) is 138 cm³/mol. The maximum absolute atomic E-state index is 14.0. The highest BCUT2D eigenvalue weighted by atomic mass is 19.1. The van der Waals surface area contributed by atoms with Gasteiger partial charge in [0.15, 0.2) is 5.69 Å². The molecule has 0 unspecified atom stereocenters. The standard InChI is InChI=1S/C26H29FN8O5/c1-14-29-13-30-35(14)18-10-17(27)5-4-16(18)11-28-21(37)19-20(36)23(39)34-12-15-6-8-26(9-7-15,25(34)31-19)32-22(38)24(40)33(2)3/h4-5,10,13,15,36H,6-9,11-12H2,1-3H3,(H,28,37)(H,32,38). The molecule has 4 heterocycles. The van der Waals surface area contributed by atoms with Crippen LogP contribution in [0.25, 0.3) is 5.69 Å². The van der Waals surface area contributed by atoms with E-state index in [2.05, 4.69) is 25.7 Å². The van der Waals surface area contributed by atoms with Gasteiger partial charge >= 0.3 is 11.8 Å². The van der Waals surface area contributed by atoms with Crippen LogP contribution in [0.1, 0.15) is 53.4 Å².